The van der Waals surface area contributed by atoms with E-state index >= 15 is 0 Å². The van der Waals surface area contributed by atoms with E-state index in [1.165, 1.54) is 4.21 Å². The molecule has 0 N–H and O–H groups in total. The highest BCUT2D eigenvalue weighted by Crippen LogP contribution is 2.06. The summed E-state index contributed by atoms with van der Waals surface area (Å²) >= 11 is 6.46. The fourth-order valence-corrected chi connectivity index (χ4v) is 1.85. The van der Waals surface area contributed by atoms with Gasteiger partial charge in [0.2, 0.25) is 0 Å². The summed E-state index contributed by atoms with van der Waals surface area (Å²) in [6.07, 6.45) is 0. The first-order valence-electron chi connectivity index (χ1n) is 1.80. The molecule has 0 unspecified atom stereocenters. The van der Waals surface area contributed by atoms with E-state index in [0.717, 1.165) is 10.3 Å². The summed E-state index contributed by atoms with van der Waals surface area (Å²) in [5, 5.41) is 2.04. The molecule has 0 saturated heterocycles. The number of rotatable bonds is 1. The van der Waals surface area contributed by atoms with E-state index in [1.807, 2.05) is 17.5 Å². The van der Waals surface area contributed by atoms with Crippen molar-refractivity contribution in [1.29, 1.82) is 0 Å². The summed E-state index contributed by atoms with van der Waals surface area (Å²) in [5.41, 5.74) is 0. The average molecular weight is 148 g/mol. The second kappa shape index (κ2) is 2.55. The van der Waals surface area contributed by atoms with E-state index in [4.69, 9.17) is 11.2 Å². The van der Waals surface area contributed by atoms with Crippen molar-refractivity contribution in [2.24, 2.45) is 0 Å². The number of hydrogen-bond donors (Lipinski definition) is 1. The normalized spacial score (nSPS) is 9.14. The van der Waals surface area contributed by atoms with Crippen LogP contribution in [-0.2, 0) is 21.5 Å². The van der Waals surface area contributed by atoms with Crippen molar-refractivity contribution in [3.05, 3.63) is 17.5 Å². The molecule has 0 nitrogen and oxygen atoms in total. The third kappa shape index (κ3) is 1.33. The maximum absolute atomic E-state index is 4.75. The van der Waals surface area contributed by atoms with E-state index in [2.05, 4.69) is 0 Å². The molecule has 0 atom stereocenters. The number of hydrogen-bond acceptors (Lipinski definition) is 2. The zero-order valence-corrected chi connectivity index (χ0v) is 6.02. The minimum atomic E-state index is 0.967. The molecular weight excluding hydrogens is 144 g/mol. The molecule has 38 valence electrons. The molecule has 1 rings (SSSR count). The van der Waals surface area contributed by atoms with Crippen molar-refractivity contribution in [3.8, 4) is 0 Å². The van der Waals surface area contributed by atoms with Crippen LogP contribution in [-0.4, -0.2) is 0 Å². The highest BCUT2D eigenvalue weighted by molar-refractivity contribution is 8.18. The van der Waals surface area contributed by atoms with E-state index in [0.29, 0.717) is 0 Å². The Labute approximate surface area is 54.8 Å². The van der Waals surface area contributed by atoms with Crippen LogP contribution in [0.15, 0.2) is 21.7 Å². The molecule has 0 aliphatic heterocycles. The van der Waals surface area contributed by atoms with Gasteiger partial charge >= 0.3 is 0 Å². The van der Waals surface area contributed by atoms with Crippen molar-refractivity contribution in [1.82, 2.24) is 0 Å². The Morgan fingerprint density at radius 3 is 2.86 bits per heavy atom. The second-order valence-corrected chi connectivity index (χ2v) is 3.50. The molecule has 1 heterocycles. The Balaban J connectivity index is 2.96. The lowest BCUT2D eigenvalue weighted by atomic mass is 10.7. The van der Waals surface area contributed by atoms with Crippen LogP contribution in [0.2, 0.25) is 0 Å². The third-order valence-electron chi connectivity index (χ3n) is 0.596. The molecule has 3 heteroatoms. The average Bonchev–Trinajstić information content (AvgIpc) is 2.14. The fraction of sp³-hybridized carbons (Fsp3) is 0. The Morgan fingerprint density at radius 2 is 2.57 bits per heavy atom. The molecule has 1 aromatic rings. The molecule has 0 bridgehead atoms. The van der Waals surface area contributed by atoms with Crippen LogP contribution >= 0.6 is 11.3 Å². The van der Waals surface area contributed by atoms with Gasteiger partial charge in [-0.2, -0.15) is 0 Å². The predicted octanol–water partition coefficient (Wildman–Crippen LogP) is 1.38. The van der Waals surface area contributed by atoms with Crippen LogP contribution in [0.5, 0.6) is 0 Å². The van der Waals surface area contributed by atoms with Crippen molar-refractivity contribution < 1.29 is 0 Å². The maximum Gasteiger partial charge on any atom is 0.0613 e. The van der Waals surface area contributed by atoms with Crippen LogP contribution < -0.4 is 0 Å². The van der Waals surface area contributed by atoms with E-state index in [1.54, 1.807) is 11.3 Å². The molecule has 0 spiro atoms. The SMILES string of the molecule is S=[SH]c1cccs1. The summed E-state index contributed by atoms with van der Waals surface area (Å²) in [6, 6.07) is 4.05. The molecule has 7 heavy (non-hydrogen) atoms. The van der Waals surface area contributed by atoms with Crippen LogP contribution in [0.4, 0.5) is 0 Å². The predicted molar refractivity (Wildman–Crippen MR) is 38.7 cm³/mol. The monoisotopic (exact) mass is 148 g/mol. The molecule has 0 aliphatic rings. The van der Waals surface area contributed by atoms with Crippen molar-refractivity contribution in [2.45, 2.75) is 4.21 Å². The minimum absolute atomic E-state index is 0.967. The first-order chi connectivity index (χ1) is 3.43. The van der Waals surface area contributed by atoms with Crippen LogP contribution in [0.25, 0.3) is 0 Å². The quantitative estimate of drug-likeness (QED) is 0.587. The molecule has 0 fully saturated rings. The lowest BCUT2D eigenvalue weighted by molar-refractivity contribution is 1.76. The summed E-state index contributed by atoms with van der Waals surface area (Å²) in [4.78, 5) is 0. The van der Waals surface area contributed by atoms with Gasteiger partial charge in [0, 0.05) is 0 Å². The van der Waals surface area contributed by atoms with Gasteiger partial charge in [0.05, 0.1) is 4.21 Å². The van der Waals surface area contributed by atoms with Crippen LogP contribution in [0, 0.1) is 0 Å². The van der Waals surface area contributed by atoms with Gasteiger partial charge in [-0.25, -0.2) is 0 Å². The highest BCUT2D eigenvalue weighted by Gasteiger charge is 1.79. The summed E-state index contributed by atoms with van der Waals surface area (Å²) in [6.45, 7) is 0. The van der Waals surface area contributed by atoms with Crippen LogP contribution in [0.3, 0.4) is 0 Å². The summed E-state index contributed by atoms with van der Waals surface area (Å²) in [5.74, 6) is 0. The smallest absolute Gasteiger partial charge is 0.0613 e. The Hall–Kier alpha value is 0.270. The van der Waals surface area contributed by atoms with Gasteiger partial charge in [-0.15, -0.1) is 11.3 Å². The minimum Gasteiger partial charge on any atom is -0.137 e. The van der Waals surface area contributed by atoms with Gasteiger partial charge in [0.15, 0.2) is 0 Å². The van der Waals surface area contributed by atoms with Gasteiger partial charge < -0.3 is 0 Å². The first kappa shape index (κ1) is 5.41. The third-order valence-corrected chi connectivity index (χ3v) is 3.12. The van der Waals surface area contributed by atoms with Crippen molar-refractivity contribution >= 4 is 32.8 Å². The Kier molecular flexibility index (Phi) is 1.97. The Bertz CT molecular complexity index is 142. The van der Waals surface area contributed by atoms with Gasteiger partial charge in [-0.1, -0.05) is 16.4 Å². The summed E-state index contributed by atoms with van der Waals surface area (Å²) < 4.78 is 1.26. The Morgan fingerprint density at radius 1 is 1.71 bits per heavy atom. The summed E-state index contributed by atoms with van der Waals surface area (Å²) in [7, 11) is 0.967. The van der Waals surface area contributed by atoms with E-state index in [9.17, 15) is 0 Å². The fourth-order valence-electron chi connectivity index (χ4n) is 0.322. The first-order valence-corrected chi connectivity index (χ1v) is 4.59. The largest absolute Gasteiger partial charge is 0.137 e. The lowest BCUT2D eigenvalue weighted by Crippen LogP contribution is -1.51. The zero-order valence-electron chi connectivity index (χ0n) is 3.50. The van der Waals surface area contributed by atoms with Gasteiger partial charge in [-0.3, -0.25) is 0 Å². The van der Waals surface area contributed by atoms with Gasteiger partial charge in [0.1, 0.15) is 0 Å². The number of thiophene rings is 1. The molecular formula is C4H4S3. The van der Waals surface area contributed by atoms with Crippen molar-refractivity contribution in [2.75, 3.05) is 0 Å². The lowest BCUT2D eigenvalue weighted by Gasteiger charge is -1.70. The van der Waals surface area contributed by atoms with Gasteiger partial charge in [0.25, 0.3) is 0 Å². The number of thiol groups is 1. The second-order valence-electron chi connectivity index (χ2n) is 1.04. The van der Waals surface area contributed by atoms with Crippen molar-refractivity contribution in [3.63, 3.8) is 0 Å². The zero-order chi connectivity index (χ0) is 5.11. The van der Waals surface area contributed by atoms with Gasteiger partial charge in [-0.05, 0) is 22.6 Å². The standard InChI is InChI=1S/C4H4S3/c5-7-4-2-1-3-6-4/h1-3,7H. The molecule has 1 aromatic heterocycles. The van der Waals surface area contributed by atoms with E-state index in [-0.39, 0.29) is 0 Å². The molecule has 0 aromatic carbocycles. The topological polar surface area (TPSA) is 0 Å². The van der Waals surface area contributed by atoms with E-state index < -0.39 is 0 Å². The molecule has 0 radical (unpaired) electrons. The molecule has 0 aliphatic carbocycles. The van der Waals surface area contributed by atoms with Crippen LogP contribution in [0.1, 0.15) is 0 Å². The molecule has 0 saturated carbocycles. The molecule has 0 amide bonds. The maximum atomic E-state index is 4.75. The highest BCUT2D eigenvalue weighted by atomic mass is 32.8.